The normalized spacial score (nSPS) is 22.5. The van der Waals surface area contributed by atoms with Gasteiger partial charge in [0.05, 0.1) is 16.8 Å². The van der Waals surface area contributed by atoms with E-state index in [1.54, 1.807) is 0 Å². The highest BCUT2D eigenvalue weighted by Crippen LogP contribution is 2.65. The molecule has 0 saturated heterocycles. The van der Waals surface area contributed by atoms with Gasteiger partial charge in [-0.2, -0.15) is 0 Å². The molecule has 0 radical (unpaired) electrons. The lowest BCUT2D eigenvalue weighted by molar-refractivity contribution is 0.305. The summed E-state index contributed by atoms with van der Waals surface area (Å²) in [5.41, 5.74) is 14.6. The Bertz CT molecular complexity index is 2430. The lowest BCUT2D eigenvalue weighted by Gasteiger charge is -2.48. The van der Waals surface area contributed by atoms with Crippen molar-refractivity contribution >= 4 is 16.9 Å². The summed E-state index contributed by atoms with van der Waals surface area (Å²) in [6.45, 7) is 9.81. The van der Waals surface area contributed by atoms with E-state index < -0.39 is 5.41 Å². The second-order valence-corrected chi connectivity index (χ2v) is 14.2. The topological polar surface area (TPSA) is 18.5 Å². The zero-order valence-corrected chi connectivity index (χ0v) is 30.4. The van der Waals surface area contributed by atoms with Crippen LogP contribution in [-0.4, -0.2) is 4.90 Å². The molecule has 54 heavy (non-hydrogen) atoms. The van der Waals surface area contributed by atoms with Crippen LogP contribution in [0.1, 0.15) is 46.8 Å². The lowest BCUT2D eigenvalue weighted by Crippen LogP contribution is -2.42. The lowest BCUT2D eigenvalue weighted by atomic mass is 9.62. The molecule has 5 aromatic rings. The van der Waals surface area contributed by atoms with E-state index in [0.29, 0.717) is 6.54 Å². The van der Waals surface area contributed by atoms with Crippen molar-refractivity contribution in [2.75, 3.05) is 4.90 Å². The molecule has 3 heteroatoms. The molecule has 5 aromatic carbocycles. The third-order valence-corrected chi connectivity index (χ3v) is 11.1. The molecule has 0 amide bonds. The monoisotopic (exact) mass is 697 g/mol. The zero-order valence-electron chi connectivity index (χ0n) is 30.4. The fourth-order valence-electron chi connectivity index (χ4n) is 8.67. The van der Waals surface area contributed by atoms with Crippen LogP contribution in [0.4, 0.5) is 11.4 Å². The zero-order chi connectivity index (χ0) is 36.5. The summed E-state index contributed by atoms with van der Waals surface area (Å²) < 4.78 is 0. The molecule has 0 bridgehead atoms. The molecule has 2 heterocycles. The van der Waals surface area contributed by atoms with E-state index in [1.165, 1.54) is 44.5 Å². The van der Waals surface area contributed by atoms with Crippen LogP contribution in [0.5, 0.6) is 0 Å². The summed E-state index contributed by atoms with van der Waals surface area (Å²) in [7, 11) is 0. The van der Waals surface area contributed by atoms with Crippen molar-refractivity contribution in [3.8, 4) is 0 Å². The fourth-order valence-corrected chi connectivity index (χ4v) is 8.67. The highest BCUT2D eigenvalue weighted by atomic mass is 15.3. The van der Waals surface area contributed by atoms with Crippen LogP contribution in [0.3, 0.4) is 0 Å². The molecule has 0 fully saturated rings. The minimum atomic E-state index is -0.605. The molecule has 2 atom stereocenters. The largest absolute Gasteiger partial charge is 0.334 e. The van der Waals surface area contributed by atoms with Gasteiger partial charge in [-0.3, -0.25) is 5.32 Å². The van der Waals surface area contributed by atoms with Crippen LogP contribution < -0.4 is 10.2 Å². The molecule has 0 aromatic heterocycles. The van der Waals surface area contributed by atoms with Gasteiger partial charge in [-0.05, 0) is 93.3 Å². The van der Waals surface area contributed by atoms with Gasteiger partial charge in [0, 0.05) is 30.2 Å². The number of hydrogen-bond acceptors (Lipinski definition) is 3. The second kappa shape index (κ2) is 14.2. The summed E-state index contributed by atoms with van der Waals surface area (Å²) >= 11 is 0. The van der Waals surface area contributed by atoms with Crippen LogP contribution in [0, 0.1) is 0 Å². The van der Waals surface area contributed by atoms with Crippen LogP contribution in [0.2, 0.25) is 0 Å². The summed E-state index contributed by atoms with van der Waals surface area (Å²) in [4.78, 5) is 4.80. The summed E-state index contributed by atoms with van der Waals surface area (Å²) in [6, 6.07) is 50.2. The smallest absolute Gasteiger partial charge is 0.110 e. The predicted molar refractivity (Wildman–Crippen MR) is 225 cm³/mol. The minimum absolute atomic E-state index is 0.191. The van der Waals surface area contributed by atoms with Crippen LogP contribution in [-0.2, 0) is 12.0 Å². The number of nitrogens with one attached hydrogen (secondary N) is 1. The molecular formula is C51H43N3. The number of benzene rings is 5. The van der Waals surface area contributed by atoms with Crippen molar-refractivity contribution in [2.24, 2.45) is 0 Å². The van der Waals surface area contributed by atoms with Gasteiger partial charge in [0.15, 0.2) is 0 Å². The maximum atomic E-state index is 4.62. The number of hydrogen-bond donors (Lipinski definition) is 1. The average Bonchev–Trinajstić information content (AvgIpc) is 3.51. The van der Waals surface area contributed by atoms with Gasteiger partial charge in [-0.15, -0.1) is 0 Å². The van der Waals surface area contributed by atoms with Crippen LogP contribution >= 0.6 is 0 Å². The molecular weight excluding hydrogens is 655 g/mol. The highest BCUT2D eigenvalue weighted by Gasteiger charge is 2.55. The van der Waals surface area contributed by atoms with E-state index in [-0.39, 0.29) is 6.17 Å². The summed E-state index contributed by atoms with van der Waals surface area (Å²) in [6.07, 6.45) is 19.9. The van der Waals surface area contributed by atoms with Gasteiger partial charge in [-0.25, -0.2) is 0 Å². The van der Waals surface area contributed by atoms with Gasteiger partial charge in [0.2, 0.25) is 0 Å². The maximum absolute atomic E-state index is 4.62. The Morgan fingerprint density at radius 3 is 2.11 bits per heavy atom. The van der Waals surface area contributed by atoms with Gasteiger partial charge in [0.1, 0.15) is 6.17 Å². The molecule has 1 spiro atoms. The molecule has 9 rings (SSSR count). The standard InChI is InChI=1S/C51H43N3/c1-37-20-18-19-33-53(50(40-23-8-4-9-24-40)52-35-39-21-6-3-7-22-39)36-47-49(34-38(37)2)54(41-25-10-5-11-26-41)48-32-17-16-31-46(48)51(47)44-29-14-12-27-42(44)43-28-13-15-30-45(43)51/h3-12,14,16-34,36,50,52H,1-2,13,15,35H2/b20-18-,33-19-,47-36+,49-34+. The molecule has 262 valence electrons. The van der Waals surface area contributed by atoms with Gasteiger partial charge in [0.25, 0.3) is 0 Å². The number of para-hydroxylation sites is 2. The van der Waals surface area contributed by atoms with Crippen molar-refractivity contribution in [3.05, 3.63) is 257 Å². The number of rotatable bonds is 6. The first kappa shape index (κ1) is 33.4. The van der Waals surface area contributed by atoms with E-state index in [9.17, 15) is 0 Å². The molecule has 2 aliphatic heterocycles. The van der Waals surface area contributed by atoms with Crippen LogP contribution in [0.25, 0.3) is 5.57 Å². The summed E-state index contributed by atoms with van der Waals surface area (Å²) in [5, 5.41) is 3.96. The Kier molecular flexibility index (Phi) is 8.78. The fraction of sp³-hybridized carbons (Fsp3) is 0.0980. The van der Waals surface area contributed by atoms with Crippen molar-refractivity contribution in [1.82, 2.24) is 10.2 Å². The molecule has 4 aliphatic rings. The Morgan fingerprint density at radius 1 is 0.648 bits per heavy atom. The Morgan fingerprint density at radius 2 is 1.31 bits per heavy atom. The molecule has 0 saturated carbocycles. The van der Waals surface area contributed by atoms with E-state index in [2.05, 4.69) is 217 Å². The van der Waals surface area contributed by atoms with Gasteiger partial charge < -0.3 is 9.80 Å². The van der Waals surface area contributed by atoms with Crippen LogP contribution in [0.15, 0.2) is 230 Å². The van der Waals surface area contributed by atoms with Gasteiger partial charge >= 0.3 is 0 Å². The quantitative estimate of drug-likeness (QED) is 0.191. The van der Waals surface area contributed by atoms with Crippen molar-refractivity contribution in [2.45, 2.75) is 31.0 Å². The predicted octanol–water partition coefficient (Wildman–Crippen LogP) is 12.0. The molecule has 3 nitrogen and oxygen atoms in total. The van der Waals surface area contributed by atoms with E-state index in [0.717, 1.165) is 41.1 Å². The van der Waals surface area contributed by atoms with E-state index in [4.69, 9.17) is 0 Å². The SMILES string of the molecule is C=C1/C=C\C=C/N(C(NCc2ccccc2)c2ccccc2)/C=C2\C(=C/C1=C)N(c1ccccc1)c1ccccc1C21C2=CCCC=C2c2ccccc21. The average molecular weight is 698 g/mol. The minimum Gasteiger partial charge on any atom is -0.334 e. The third kappa shape index (κ3) is 5.65. The number of fused-ring (bicyclic) bond motifs is 9. The van der Waals surface area contributed by atoms with Crippen molar-refractivity contribution < 1.29 is 0 Å². The first-order valence-electron chi connectivity index (χ1n) is 18.9. The highest BCUT2D eigenvalue weighted by molar-refractivity contribution is 5.99. The second-order valence-electron chi connectivity index (χ2n) is 14.2. The number of anilines is 2. The Balaban J connectivity index is 1.39. The van der Waals surface area contributed by atoms with Crippen molar-refractivity contribution in [1.29, 1.82) is 0 Å². The summed E-state index contributed by atoms with van der Waals surface area (Å²) in [5.74, 6) is 0. The number of allylic oxidation sites excluding steroid dienone is 11. The first-order valence-corrected chi connectivity index (χ1v) is 18.9. The maximum Gasteiger partial charge on any atom is 0.110 e. The van der Waals surface area contributed by atoms with Gasteiger partial charge in [-0.1, -0.05) is 159 Å². The van der Waals surface area contributed by atoms with E-state index >= 15 is 0 Å². The van der Waals surface area contributed by atoms with E-state index in [1.807, 2.05) is 0 Å². The molecule has 2 aliphatic carbocycles. The Labute approximate surface area is 319 Å². The Hall–Kier alpha value is -6.42. The number of nitrogens with zero attached hydrogens (tertiary/aromatic N) is 2. The molecule has 2 unspecified atom stereocenters. The van der Waals surface area contributed by atoms with Crippen molar-refractivity contribution in [3.63, 3.8) is 0 Å². The molecule has 1 N–H and O–H groups in total. The first-order chi connectivity index (χ1) is 26.6. The third-order valence-electron chi connectivity index (χ3n) is 11.1.